The number of nitrogens with zero attached hydrogens (tertiary/aromatic N) is 1. The number of carboxylic acid groups (broad SMARTS) is 1. The number of thiazole rings is 1. The van der Waals surface area contributed by atoms with Crippen LogP contribution in [0.25, 0.3) is 21.9 Å². The summed E-state index contributed by atoms with van der Waals surface area (Å²) in [5.74, 6) is 0.461. The molecule has 0 aliphatic heterocycles. The molecule has 0 aliphatic carbocycles. The van der Waals surface area contributed by atoms with Crippen LogP contribution in [0.15, 0.2) is 42.5 Å². The van der Waals surface area contributed by atoms with Gasteiger partial charge in [-0.05, 0) is 54.8 Å². The second-order valence-electron chi connectivity index (χ2n) is 6.21. The Morgan fingerprint density at radius 3 is 2.68 bits per heavy atom. The van der Waals surface area contributed by atoms with E-state index in [1.807, 2.05) is 62.4 Å². The minimum absolute atomic E-state index is 0.0993. The zero-order chi connectivity index (χ0) is 19.9. The maximum atomic E-state index is 11.4. The third-order valence-corrected chi connectivity index (χ3v) is 5.09. The monoisotopic (exact) mass is 397 g/mol. The lowest BCUT2D eigenvalue weighted by atomic mass is 10.1. The van der Waals surface area contributed by atoms with Crippen molar-refractivity contribution in [2.75, 3.05) is 13.2 Å². The fourth-order valence-corrected chi connectivity index (χ4v) is 3.76. The van der Waals surface area contributed by atoms with Crippen molar-refractivity contribution >= 4 is 39.2 Å². The highest BCUT2D eigenvalue weighted by Gasteiger charge is 2.13. The first-order chi connectivity index (χ1) is 13.6. The number of rotatable bonds is 9. The van der Waals surface area contributed by atoms with Crippen LogP contribution in [0, 0.1) is 0 Å². The number of para-hydroxylation sites is 1. The fraction of sp³-hybridized carbons (Fsp3) is 0.273. The van der Waals surface area contributed by atoms with Crippen molar-refractivity contribution in [2.24, 2.45) is 0 Å². The highest BCUT2D eigenvalue weighted by atomic mass is 32.1. The van der Waals surface area contributed by atoms with Crippen LogP contribution in [0.3, 0.4) is 0 Å². The summed E-state index contributed by atoms with van der Waals surface area (Å²) >= 11 is 1.50. The highest BCUT2D eigenvalue weighted by molar-refractivity contribution is 7.19. The Morgan fingerprint density at radius 2 is 1.96 bits per heavy atom. The molecule has 3 rings (SSSR count). The molecule has 0 saturated carbocycles. The van der Waals surface area contributed by atoms with Crippen LogP contribution in [0.5, 0.6) is 11.5 Å². The van der Waals surface area contributed by atoms with Crippen LogP contribution < -0.4 is 9.47 Å². The van der Waals surface area contributed by atoms with E-state index < -0.39 is 5.97 Å². The first kappa shape index (κ1) is 19.9. The molecule has 0 atom stereocenters. The number of carboxylic acids is 1. The molecular weight excluding hydrogens is 374 g/mol. The van der Waals surface area contributed by atoms with E-state index in [0.717, 1.165) is 22.2 Å². The first-order valence-electron chi connectivity index (χ1n) is 9.28. The van der Waals surface area contributed by atoms with Gasteiger partial charge in [-0.25, -0.2) is 4.98 Å². The summed E-state index contributed by atoms with van der Waals surface area (Å²) in [5.41, 5.74) is 2.39. The molecule has 146 valence electrons. The van der Waals surface area contributed by atoms with E-state index in [1.165, 1.54) is 11.3 Å². The summed E-state index contributed by atoms with van der Waals surface area (Å²) < 4.78 is 12.5. The zero-order valence-corrected chi connectivity index (χ0v) is 16.8. The standard InChI is InChI=1S/C22H23NO4S/c1-3-11-27-18-10-9-15(13-19(18)26-4-2)12-16(14-21(24)25)22-23-17-7-5-6-8-20(17)28-22/h5-10,12-13H,3-4,11,14H2,1-2H3,(H,24,25)/b16-12+. The van der Waals surface area contributed by atoms with Gasteiger partial charge in [-0.1, -0.05) is 25.1 Å². The second kappa shape index (κ2) is 9.37. The molecule has 2 aromatic carbocycles. The van der Waals surface area contributed by atoms with Crippen molar-refractivity contribution in [1.29, 1.82) is 0 Å². The van der Waals surface area contributed by atoms with Gasteiger partial charge in [0.2, 0.25) is 0 Å². The predicted octanol–water partition coefficient (Wildman–Crippen LogP) is 5.50. The minimum atomic E-state index is -0.890. The van der Waals surface area contributed by atoms with E-state index in [0.29, 0.717) is 35.3 Å². The molecule has 6 heteroatoms. The van der Waals surface area contributed by atoms with Crippen molar-refractivity contribution in [3.8, 4) is 11.5 Å². The molecule has 1 aromatic heterocycles. The summed E-state index contributed by atoms with van der Waals surface area (Å²) in [4.78, 5) is 16.0. The zero-order valence-electron chi connectivity index (χ0n) is 16.0. The van der Waals surface area contributed by atoms with Crippen LogP contribution in [-0.4, -0.2) is 29.3 Å². The first-order valence-corrected chi connectivity index (χ1v) is 10.1. The van der Waals surface area contributed by atoms with Gasteiger partial charge in [0.15, 0.2) is 11.5 Å². The van der Waals surface area contributed by atoms with Gasteiger partial charge < -0.3 is 14.6 Å². The lowest BCUT2D eigenvalue weighted by molar-refractivity contribution is -0.135. The fourth-order valence-electron chi connectivity index (χ4n) is 2.78. The predicted molar refractivity (Wildman–Crippen MR) is 113 cm³/mol. The van der Waals surface area contributed by atoms with E-state index in [9.17, 15) is 9.90 Å². The van der Waals surface area contributed by atoms with Gasteiger partial charge in [-0.3, -0.25) is 4.79 Å². The molecule has 0 spiro atoms. The Labute approximate surface area is 168 Å². The number of carbonyl (C=O) groups is 1. The molecule has 0 amide bonds. The molecule has 1 heterocycles. The molecule has 0 saturated heterocycles. The van der Waals surface area contributed by atoms with Crippen molar-refractivity contribution in [1.82, 2.24) is 4.98 Å². The van der Waals surface area contributed by atoms with Crippen LogP contribution in [0.4, 0.5) is 0 Å². The molecule has 0 fully saturated rings. The Kier molecular flexibility index (Phi) is 6.66. The summed E-state index contributed by atoms with van der Waals surface area (Å²) in [6.07, 6.45) is 2.67. The van der Waals surface area contributed by atoms with Gasteiger partial charge in [-0.2, -0.15) is 0 Å². The number of fused-ring (bicyclic) bond motifs is 1. The number of hydrogen-bond donors (Lipinski definition) is 1. The van der Waals surface area contributed by atoms with Crippen LogP contribution in [0.1, 0.15) is 37.3 Å². The van der Waals surface area contributed by atoms with E-state index in [1.54, 1.807) is 0 Å². The summed E-state index contributed by atoms with van der Waals surface area (Å²) in [6, 6.07) is 13.4. The normalized spacial score (nSPS) is 11.6. The number of aromatic nitrogens is 1. The van der Waals surface area contributed by atoms with Gasteiger partial charge in [0.1, 0.15) is 5.01 Å². The van der Waals surface area contributed by atoms with Crippen molar-refractivity contribution < 1.29 is 19.4 Å². The average molecular weight is 397 g/mol. The van der Waals surface area contributed by atoms with Gasteiger partial charge >= 0.3 is 5.97 Å². The number of aliphatic carboxylic acids is 1. The average Bonchev–Trinajstić information content (AvgIpc) is 3.11. The lowest BCUT2D eigenvalue weighted by Gasteiger charge is -2.12. The smallest absolute Gasteiger partial charge is 0.307 e. The third-order valence-electron chi connectivity index (χ3n) is 3.98. The summed E-state index contributed by atoms with van der Waals surface area (Å²) in [7, 11) is 0. The van der Waals surface area contributed by atoms with E-state index >= 15 is 0 Å². The Bertz CT molecular complexity index is 960. The molecule has 28 heavy (non-hydrogen) atoms. The molecule has 0 unspecified atom stereocenters. The number of hydrogen-bond acceptors (Lipinski definition) is 5. The van der Waals surface area contributed by atoms with E-state index in [-0.39, 0.29) is 6.42 Å². The van der Waals surface area contributed by atoms with Gasteiger partial charge in [-0.15, -0.1) is 11.3 Å². The summed E-state index contributed by atoms with van der Waals surface area (Å²) in [5, 5.41) is 10.1. The maximum absolute atomic E-state index is 11.4. The minimum Gasteiger partial charge on any atom is -0.490 e. The Hall–Kier alpha value is -2.86. The lowest BCUT2D eigenvalue weighted by Crippen LogP contribution is -2.00. The number of benzene rings is 2. The Balaban J connectivity index is 1.99. The quantitative estimate of drug-likeness (QED) is 0.516. The van der Waals surface area contributed by atoms with Crippen molar-refractivity contribution in [3.05, 3.63) is 53.0 Å². The van der Waals surface area contributed by atoms with Crippen molar-refractivity contribution in [3.63, 3.8) is 0 Å². The molecule has 0 aliphatic rings. The second-order valence-corrected chi connectivity index (χ2v) is 7.25. The Morgan fingerprint density at radius 1 is 1.14 bits per heavy atom. The van der Waals surface area contributed by atoms with Crippen LogP contribution in [-0.2, 0) is 4.79 Å². The highest BCUT2D eigenvalue weighted by Crippen LogP contribution is 2.33. The van der Waals surface area contributed by atoms with Crippen LogP contribution in [0.2, 0.25) is 0 Å². The molecule has 0 bridgehead atoms. The molecule has 5 nitrogen and oxygen atoms in total. The largest absolute Gasteiger partial charge is 0.490 e. The summed E-state index contributed by atoms with van der Waals surface area (Å²) in [6.45, 7) is 5.11. The molecule has 3 aromatic rings. The molecule has 1 N–H and O–H groups in total. The van der Waals surface area contributed by atoms with Gasteiger partial charge in [0.05, 0.1) is 29.9 Å². The van der Waals surface area contributed by atoms with Crippen LogP contribution >= 0.6 is 11.3 Å². The van der Waals surface area contributed by atoms with E-state index in [2.05, 4.69) is 4.98 Å². The maximum Gasteiger partial charge on any atom is 0.307 e. The van der Waals surface area contributed by atoms with Crippen molar-refractivity contribution in [2.45, 2.75) is 26.7 Å². The molecular formula is C22H23NO4S. The molecule has 0 radical (unpaired) electrons. The SMILES string of the molecule is CCCOc1ccc(/C=C(\CC(=O)O)c2nc3ccccc3s2)cc1OCC. The van der Waals surface area contributed by atoms with E-state index in [4.69, 9.17) is 9.47 Å². The number of ether oxygens (including phenoxy) is 2. The topological polar surface area (TPSA) is 68.7 Å². The third kappa shape index (κ3) is 4.89. The van der Waals surface area contributed by atoms with Gasteiger partial charge in [0.25, 0.3) is 0 Å². The van der Waals surface area contributed by atoms with Gasteiger partial charge in [0, 0.05) is 0 Å².